The summed E-state index contributed by atoms with van der Waals surface area (Å²) in [5.41, 5.74) is 10.2. The molecule has 0 heterocycles. The zero-order valence-electron chi connectivity index (χ0n) is 12.8. The molecule has 0 radical (unpaired) electrons. The third-order valence-electron chi connectivity index (χ3n) is 4.40. The van der Waals surface area contributed by atoms with Crippen LogP contribution in [0.25, 0.3) is 0 Å². The van der Waals surface area contributed by atoms with Crippen molar-refractivity contribution in [2.75, 3.05) is 6.54 Å². The first-order valence-electron chi connectivity index (χ1n) is 7.60. The van der Waals surface area contributed by atoms with Crippen LogP contribution in [0, 0.1) is 26.7 Å². The monoisotopic (exact) mass is 274 g/mol. The van der Waals surface area contributed by atoms with Crippen LogP contribution in [0.3, 0.4) is 0 Å². The molecular weight excluding hydrogens is 248 g/mol. The minimum absolute atomic E-state index is 0.0396. The highest BCUT2D eigenvalue weighted by molar-refractivity contribution is 5.97. The number of hydrogen-bond acceptors (Lipinski definition) is 2. The van der Waals surface area contributed by atoms with E-state index >= 15 is 0 Å². The van der Waals surface area contributed by atoms with Gasteiger partial charge in [-0.1, -0.05) is 30.5 Å². The maximum Gasteiger partial charge on any atom is 0.251 e. The lowest BCUT2D eigenvalue weighted by atomic mass is 9.85. The van der Waals surface area contributed by atoms with Gasteiger partial charge in [0.05, 0.1) is 0 Å². The Labute approximate surface area is 121 Å². The Morgan fingerprint density at radius 1 is 1.20 bits per heavy atom. The van der Waals surface area contributed by atoms with Crippen molar-refractivity contribution >= 4 is 5.91 Å². The number of nitrogens with one attached hydrogen (secondary N) is 1. The third kappa shape index (κ3) is 3.40. The van der Waals surface area contributed by atoms with E-state index in [4.69, 9.17) is 5.73 Å². The van der Waals surface area contributed by atoms with Crippen LogP contribution in [-0.4, -0.2) is 18.5 Å². The maximum atomic E-state index is 12.4. The van der Waals surface area contributed by atoms with Gasteiger partial charge in [0.25, 0.3) is 5.91 Å². The highest BCUT2D eigenvalue weighted by Gasteiger charge is 2.22. The Bertz CT molecular complexity index is 473. The van der Waals surface area contributed by atoms with Crippen LogP contribution in [0.1, 0.15) is 52.7 Å². The Morgan fingerprint density at radius 2 is 1.80 bits per heavy atom. The fraction of sp³-hybridized carbons (Fsp3) is 0.588. The fourth-order valence-corrected chi connectivity index (χ4v) is 3.34. The summed E-state index contributed by atoms with van der Waals surface area (Å²) in [4.78, 5) is 12.4. The van der Waals surface area contributed by atoms with Gasteiger partial charge >= 0.3 is 0 Å². The summed E-state index contributed by atoms with van der Waals surface area (Å²) in [6, 6.07) is 4.37. The Balaban J connectivity index is 2.02. The predicted octanol–water partition coefficient (Wildman–Crippen LogP) is 2.86. The highest BCUT2D eigenvalue weighted by Crippen LogP contribution is 2.22. The molecule has 1 aliphatic carbocycles. The molecule has 1 aliphatic rings. The second kappa shape index (κ2) is 6.40. The molecule has 20 heavy (non-hydrogen) atoms. The lowest BCUT2D eigenvalue weighted by Crippen LogP contribution is -2.41. The number of carbonyl (C=O) groups is 1. The Kier molecular flexibility index (Phi) is 4.81. The van der Waals surface area contributed by atoms with Crippen molar-refractivity contribution in [3.05, 3.63) is 34.4 Å². The molecule has 1 fully saturated rings. The summed E-state index contributed by atoms with van der Waals surface area (Å²) in [5.74, 6) is 0.469. The molecule has 3 heteroatoms. The molecule has 0 spiro atoms. The molecule has 3 N–H and O–H groups in total. The third-order valence-corrected chi connectivity index (χ3v) is 4.40. The van der Waals surface area contributed by atoms with E-state index in [9.17, 15) is 4.79 Å². The number of nitrogens with two attached hydrogens (primary N) is 1. The Hall–Kier alpha value is -1.35. The van der Waals surface area contributed by atoms with Gasteiger partial charge in [0.1, 0.15) is 0 Å². The van der Waals surface area contributed by atoms with E-state index in [0.717, 1.165) is 29.5 Å². The maximum absolute atomic E-state index is 12.4. The lowest BCUT2D eigenvalue weighted by molar-refractivity contribution is 0.0940. The molecule has 0 bridgehead atoms. The lowest BCUT2D eigenvalue weighted by Gasteiger charge is -2.28. The Morgan fingerprint density at radius 3 is 2.40 bits per heavy atom. The molecule has 1 aromatic carbocycles. The molecule has 3 nitrogen and oxygen atoms in total. The summed E-state index contributed by atoms with van der Waals surface area (Å²) in [7, 11) is 0. The van der Waals surface area contributed by atoms with Crippen LogP contribution >= 0.6 is 0 Å². The summed E-state index contributed by atoms with van der Waals surface area (Å²) >= 11 is 0. The molecule has 0 aliphatic heterocycles. The largest absolute Gasteiger partial charge is 0.352 e. The number of aryl methyl sites for hydroxylation is 3. The molecule has 110 valence electrons. The topological polar surface area (TPSA) is 55.1 Å². The second-order valence-electron chi connectivity index (χ2n) is 6.19. The first-order valence-corrected chi connectivity index (χ1v) is 7.60. The van der Waals surface area contributed by atoms with Crippen molar-refractivity contribution < 1.29 is 4.79 Å². The molecule has 0 aromatic heterocycles. The van der Waals surface area contributed by atoms with E-state index < -0.39 is 0 Å². The first-order chi connectivity index (χ1) is 9.49. The summed E-state index contributed by atoms with van der Waals surface area (Å²) in [6.45, 7) is 6.76. The minimum atomic E-state index is 0.0396. The van der Waals surface area contributed by atoms with E-state index in [0.29, 0.717) is 12.5 Å². The van der Waals surface area contributed by atoms with Gasteiger partial charge in [-0.3, -0.25) is 4.79 Å². The van der Waals surface area contributed by atoms with Crippen LogP contribution < -0.4 is 11.1 Å². The first kappa shape index (κ1) is 15.0. The van der Waals surface area contributed by atoms with Crippen molar-refractivity contribution in [2.24, 2.45) is 11.7 Å². The predicted molar refractivity (Wildman–Crippen MR) is 82.9 cm³/mol. The van der Waals surface area contributed by atoms with Gasteiger partial charge in [-0.2, -0.15) is 0 Å². The van der Waals surface area contributed by atoms with Crippen LogP contribution in [-0.2, 0) is 0 Å². The van der Waals surface area contributed by atoms with Crippen LogP contribution in [0.2, 0.25) is 0 Å². The van der Waals surface area contributed by atoms with Gasteiger partial charge in [0.2, 0.25) is 0 Å². The molecule has 2 unspecified atom stereocenters. The highest BCUT2D eigenvalue weighted by atomic mass is 16.1. The molecular formula is C17H26N2O. The van der Waals surface area contributed by atoms with Crippen LogP contribution in [0.15, 0.2) is 12.1 Å². The van der Waals surface area contributed by atoms with E-state index in [-0.39, 0.29) is 11.9 Å². The van der Waals surface area contributed by atoms with Crippen molar-refractivity contribution in [3.63, 3.8) is 0 Å². The van der Waals surface area contributed by atoms with Crippen molar-refractivity contribution in [2.45, 2.75) is 52.5 Å². The average Bonchev–Trinajstić information content (AvgIpc) is 2.36. The van der Waals surface area contributed by atoms with E-state index in [1.807, 2.05) is 13.8 Å². The molecule has 1 amide bonds. The SMILES string of the molecule is Cc1cc(C)c(C(=O)NCC2CCCCC2N)c(C)c1. The standard InChI is InChI=1S/C17H26N2O/c1-11-8-12(2)16(13(3)9-11)17(20)19-10-14-6-4-5-7-15(14)18/h8-9,14-15H,4-7,10,18H2,1-3H3,(H,19,20). The minimum Gasteiger partial charge on any atom is -0.352 e. The smallest absolute Gasteiger partial charge is 0.251 e. The van der Waals surface area contributed by atoms with Gasteiger partial charge in [0, 0.05) is 18.2 Å². The second-order valence-corrected chi connectivity index (χ2v) is 6.19. The van der Waals surface area contributed by atoms with Gasteiger partial charge in [0.15, 0.2) is 0 Å². The number of hydrogen-bond donors (Lipinski definition) is 2. The molecule has 1 aromatic rings. The fourth-order valence-electron chi connectivity index (χ4n) is 3.34. The number of rotatable bonds is 3. The zero-order chi connectivity index (χ0) is 14.7. The zero-order valence-corrected chi connectivity index (χ0v) is 12.8. The average molecular weight is 274 g/mol. The number of benzene rings is 1. The van der Waals surface area contributed by atoms with Gasteiger partial charge in [-0.25, -0.2) is 0 Å². The van der Waals surface area contributed by atoms with E-state index in [2.05, 4.69) is 24.4 Å². The molecule has 1 saturated carbocycles. The normalized spacial score (nSPS) is 22.6. The molecule has 2 atom stereocenters. The number of carbonyl (C=O) groups excluding carboxylic acids is 1. The van der Waals surface area contributed by atoms with Crippen molar-refractivity contribution in [3.8, 4) is 0 Å². The van der Waals surface area contributed by atoms with Crippen molar-refractivity contribution in [1.82, 2.24) is 5.32 Å². The van der Waals surface area contributed by atoms with E-state index in [1.165, 1.54) is 18.4 Å². The van der Waals surface area contributed by atoms with Gasteiger partial charge in [-0.15, -0.1) is 0 Å². The van der Waals surface area contributed by atoms with Gasteiger partial charge < -0.3 is 11.1 Å². The van der Waals surface area contributed by atoms with E-state index in [1.54, 1.807) is 0 Å². The van der Waals surface area contributed by atoms with Crippen LogP contribution in [0.4, 0.5) is 0 Å². The molecule has 2 rings (SSSR count). The van der Waals surface area contributed by atoms with Crippen LogP contribution in [0.5, 0.6) is 0 Å². The summed E-state index contributed by atoms with van der Waals surface area (Å²) < 4.78 is 0. The van der Waals surface area contributed by atoms with Crippen molar-refractivity contribution in [1.29, 1.82) is 0 Å². The summed E-state index contributed by atoms with van der Waals surface area (Å²) in [6.07, 6.45) is 4.68. The number of amides is 1. The van der Waals surface area contributed by atoms with Gasteiger partial charge in [-0.05, 0) is 50.7 Å². The quantitative estimate of drug-likeness (QED) is 0.890. The summed E-state index contributed by atoms with van der Waals surface area (Å²) in [5, 5.41) is 3.08. The molecule has 0 saturated heterocycles.